The molecule has 0 aromatic rings. The van der Waals surface area contributed by atoms with Crippen LogP contribution in [0.5, 0.6) is 0 Å². The van der Waals surface area contributed by atoms with Crippen LogP contribution in [0.15, 0.2) is 0 Å². The third-order valence-electron chi connectivity index (χ3n) is 4.66. The highest BCUT2D eigenvalue weighted by Crippen LogP contribution is 2.51. The third kappa shape index (κ3) is 2.82. The fourth-order valence-corrected chi connectivity index (χ4v) is 5.69. The minimum absolute atomic E-state index is 0.230. The van der Waals surface area contributed by atoms with Crippen LogP contribution in [0.3, 0.4) is 0 Å². The van der Waals surface area contributed by atoms with Crippen LogP contribution < -0.4 is 0 Å². The first kappa shape index (κ1) is 16.0. The van der Waals surface area contributed by atoms with Crippen molar-refractivity contribution in [2.24, 2.45) is 10.8 Å². The van der Waals surface area contributed by atoms with Crippen molar-refractivity contribution in [3.63, 3.8) is 0 Å². The minimum atomic E-state index is 0.230. The standard InChI is InChI=1S/C14H26O3S2/c1-5-13(9-18-11(13)15-3)7-17-8-14(6-2)10-19-12(14)16-4/h11-12H,5-10H2,1-4H3. The second kappa shape index (κ2) is 6.56. The second-order valence-corrected chi connectivity index (χ2v) is 7.78. The van der Waals surface area contributed by atoms with Crippen molar-refractivity contribution in [2.75, 3.05) is 38.9 Å². The lowest BCUT2D eigenvalue weighted by Crippen LogP contribution is -2.52. The lowest BCUT2D eigenvalue weighted by molar-refractivity contribution is -0.0727. The lowest BCUT2D eigenvalue weighted by atomic mass is 9.86. The van der Waals surface area contributed by atoms with E-state index >= 15 is 0 Å². The summed E-state index contributed by atoms with van der Waals surface area (Å²) in [5, 5.41) is 0. The Bertz CT molecular complexity index is 262. The molecule has 3 nitrogen and oxygen atoms in total. The zero-order chi connectivity index (χ0) is 13.9. The first-order valence-electron chi connectivity index (χ1n) is 7.03. The number of rotatable bonds is 8. The Morgan fingerprint density at radius 2 is 1.32 bits per heavy atom. The van der Waals surface area contributed by atoms with Gasteiger partial charge in [-0.25, -0.2) is 0 Å². The Kier molecular flexibility index (Phi) is 5.51. The Morgan fingerprint density at radius 3 is 1.53 bits per heavy atom. The SMILES string of the molecule is CCC1(COCC2(CC)CSC2OC)CSC1OC. The van der Waals surface area contributed by atoms with E-state index in [-0.39, 0.29) is 10.8 Å². The molecule has 0 amide bonds. The molecular weight excluding hydrogens is 280 g/mol. The van der Waals surface area contributed by atoms with Gasteiger partial charge in [-0.2, -0.15) is 0 Å². The zero-order valence-electron chi connectivity index (χ0n) is 12.4. The molecule has 2 fully saturated rings. The molecule has 0 aromatic carbocycles. The molecule has 0 aromatic heterocycles. The summed E-state index contributed by atoms with van der Waals surface area (Å²) in [6.07, 6.45) is 2.25. The molecule has 2 aliphatic rings. The Balaban J connectivity index is 1.82. The van der Waals surface area contributed by atoms with Crippen LogP contribution in [0, 0.1) is 10.8 Å². The average Bonchev–Trinajstić information content (AvgIpc) is 2.38. The maximum atomic E-state index is 6.11. The molecule has 0 N–H and O–H groups in total. The van der Waals surface area contributed by atoms with Gasteiger partial charge >= 0.3 is 0 Å². The second-order valence-electron chi connectivity index (χ2n) is 5.68. The summed E-state index contributed by atoms with van der Waals surface area (Å²) in [7, 11) is 3.61. The van der Waals surface area contributed by atoms with Gasteiger partial charge in [0.2, 0.25) is 0 Å². The van der Waals surface area contributed by atoms with Gasteiger partial charge in [0.25, 0.3) is 0 Å². The molecular formula is C14H26O3S2. The maximum Gasteiger partial charge on any atom is 0.111 e. The van der Waals surface area contributed by atoms with E-state index in [4.69, 9.17) is 14.2 Å². The molecule has 0 saturated carbocycles. The van der Waals surface area contributed by atoms with Gasteiger partial charge in [-0.15, -0.1) is 23.5 Å². The Morgan fingerprint density at radius 1 is 0.895 bits per heavy atom. The highest BCUT2D eigenvalue weighted by atomic mass is 32.2. The van der Waals surface area contributed by atoms with Gasteiger partial charge in [0.1, 0.15) is 10.9 Å². The van der Waals surface area contributed by atoms with Crippen LogP contribution in [0.1, 0.15) is 26.7 Å². The molecule has 2 heterocycles. The molecule has 0 bridgehead atoms. The van der Waals surface area contributed by atoms with Crippen LogP contribution in [-0.2, 0) is 14.2 Å². The Hall–Kier alpha value is 0.580. The minimum Gasteiger partial charge on any atom is -0.380 e. The number of thioether (sulfide) groups is 2. The highest BCUT2D eigenvalue weighted by Gasteiger charge is 2.50. The van der Waals surface area contributed by atoms with E-state index in [9.17, 15) is 0 Å². The third-order valence-corrected chi connectivity index (χ3v) is 8.13. The van der Waals surface area contributed by atoms with E-state index in [1.807, 2.05) is 23.5 Å². The molecule has 2 saturated heterocycles. The number of hydrogen-bond acceptors (Lipinski definition) is 5. The highest BCUT2D eigenvalue weighted by molar-refractivity contribution is 8.01. The molecule has 4 unspecified atom stereocenters. The molecule has 0 aliphatic carbocycles. The lowest BCUT2D eigenvalue weighted by Gasteiger charge is -2.50. The van der Waals surface area contributed by atoms with Crippen molar-refractivity contribution in [3.05, 3.63) is 0 Å². The van der Waals surface area contributed by atoms with Crippen molar-refractivity contribution >= 4 is 23.5 Å². The van der Waals surface area contributed by atoms with Gasteiger partial charge in [0.15, 0.2) is 0 Å². The van der Waals surface area contributed by atoms with Gasteiger partial charge in [-0.3, -0.25) is 0 Å². The van der Waals surface area contributed by atoms with E-state index in [0.29, 0.717) is 10.9 Å². The predicted octanol–water partition coefficient (Wildman–Crippen LogP) is 3.23. The number of hydrogen-bond donors (Lipinski definition) is 0. The molecule has 19 heavy (non-hydrogen) atoms. The fraction of sp³-hybridized carbons (Fsp3) is 1.00. The maximum absolute atomic E-state index is 6.11. The monoisotopic (exact) mass is 306 g/mol. The van der Waals surface area contributed by atoms with Crippen molar-refractivity contribution in [3.8, 4) is 0 Å². The first-order chi connectivity index (χ1) is 9.16. The molecule has 2 rings (SSSR count). The normalized spacial score (nSPS) is 41.7. The summed E-state index contributed by atoms with van der Waals surface area (Å²) in [6, 6.07) is 0. The topological polar surface area (TPSA) is 27.7 Å². The van der Waals surface area contributed by atoms with Crippen molar-refractivity contribution < 1.29 is 14.2 Å². The van der Waals surface area contributed by atoms with Crippen molar-refractivity contribution in [1.82, 2.24) is 0 Å². The van der Waals surface area contributed by atoms with Crippen LogP contribution in [0.25, 0.3) is 0 Å². The fourth-order valence-electron chi connectivity index (χ4n) is 2.83. The summed E-state index contributed by atoms with van der Waals surface area (Å²) >= 11 is 3.79. The van der Waals surface area contributed by atoms with Gasteiger partial charge in [-0.05, 0) is 12.8 Å². The Labute approximate surface area is 125 Å². The van der Waals surface area contributed by atoms with Crippen LogP contribution in [-0.4, -0.2) is 49.8 Å². The number of ether oxygens (including phenoxy) is 3. The van der Waals surface area contributed by atoms with E-state index in [2.05, 4.69) is 13.8 Å². The summed E-state index contributed by atoms with van der Waals surface area (Å²) in [5.41, 5.74) is 1.08. The molecule has 0 radical (unpaired) electrons. The van der Waals surface area contributed by atoms with E-state index in [1.54, 1.807) is 14.2 Å². The largest absolute Gasteiger partial charge is 0.380 e. The summed E-state index contributed by atoms with van der Waals surface area (Å²) < 4.78 is 17.2. The van der Waals surface area contributed by atoms with E-state index < -0.39 is 0 Å². The smallest absolute Gasteiger partial charge is 0.111 e. The van der Waals surface area contributed by atoms with Gasteiger partial charge < -0.3 is 14.2 Å². The first-order valence-corrected chi connectivity index (χ1v) is 9.12. The summed E-state index contributed by atoms with van der Waals surface area (Å²) in [4.78, 5) is 0. The van der Waals surface area contributed by atoms with Crippen LogP contribution >= 0.6 is 23.5 Å². The van der Waals surface area contributed by atoms with Gasteiger partial charge in [0, 0.05) is 36.6 Å². The molecule has 0 spiro atoms. The average molecular weight is 306 g/mol. The molecule has 112 valence electrons. The summed E-state index contributed by atoms with van der Waals surface area (Å²) in [5.74, 6) is 2.31. The van der Waals surface area contributed by atoms with Crippen molar-refractivity contribution in [2.45, 2.75) is 37.6 Å². The number of methoxy groups -OCH3 is 2. The van der Waals surface area contributed by atoms with Gasteiger partial charge in [0.05, 0.1) is 13.2 Å². The molecule has 4 atom stereocenters. The van der Waals surface area contributed by atoms with E-state index in [1.165, 1.54) is 0 Å². The zero-order valence-corrected chi connectivity index (χ0v) is 14.1. The predicted molar refractivity (Wildman–Crippen MR) is 82.8 cm³/mol. The molecule has 5 heteroatoms. The van der Waals surface area contributed by atoms with Crippen molar-refractivity contribution in [1.29, 1.82) is 0 Å². The van der Waals surface area contributed by atoms with E-state index in [0.717, 1.165) is 37.6 Å². The quantitative estimate of drug-likeness (QED) is 0.686. The van der Waals surface area contributed by atoms with Gasteiger partial charge in [-0.1, -0.05) is 13.8 Å². The van der Waals surface area contributed by atoms with Crippen LogP contribution in [0.2, 0.25) is 0 Å². The summed E-state index contributed by atoms with van der Waals surface area (Å²) in [6.45, 7) is 6.11. The van der Waals surface area contributed by atoms with Crippen LogP contribution in [0.4, 0.5) is 0 Å². The molecule has 2 aliphatic heterocycles.